The summed E-state index contributed by atoms with van der Waals surface area (Å²) in [6.07, 6.45) is 2.13. The lowest BCUT2D eigenvalue weighted by molar-refractivity contribution is 0.598. The minimum absolute atomic E-state index is 0.0547. The maximum atomic E-state index is 12.1. The largest absolute Gasteiger partial charge is 0.328 e. The van der Waals surface area contributed by atoms with Gasteiger partial charge in [-0.25, -0.2) is 9.78 Å². The number of thiol groups is 2. The maximum Gasteiger partial charge on any atom is 0.328 e. The summed E-state index contributed by atoms with van der Waals surface area (Å²) in [6, 6.07) is 3.33. The van der Waals surface area contributed by atoms with E-state index in [0.29, 0.717) is 24.2 Å². The summed E-state index contributed by atoms with van der Waals surface area (Å²) in [5.74, 6) is 0.599. The van der Waals surface area contributed by atoms with Gasteiger partial charge in [-0.15, -0.1) is 0 Å². The molecule has 0 bridgehead atoms. The summed E-state index contributed by atoms with van der Waals surface area (Å²) in [6.45, 7) is 0.315. The van der Waals surface area contributed by atoms with Crippen LogP contribution in [-0.2, 0) is 6.54 Å². The number of nitrogens with zero attached hydrogens (tertiary/aromatic N) is 2. The zero-order valence-electron chi connectivity index (χ0n) is 9.54. The molecule has 0 aromatic carbocycles. The summed E-state index contributed by atoms with van der Waals surface area (Å²) >= 11 is 8.39. The molecule has 0 spiro atoms. The van der Waals surface area contributed by atoms with Crippen LogP contribution in [0, 0.1) is 0 Å². The van der Waals surface area contributed by atoms with Crippen molar-refractivity contribution in [1.29, 1.82) is 0 Å². The van der Waals surface area contributed by atoms with Crippen LogP contribution in [0.2, 0.25) is 0 Å². The minimum Gasteiger partial charge on any atom is -0.305 e. The third-order valence-electron chi connectivity index (χ3n) is 2.64. The molecule has 1 unspecified atom stereocenters. The number of aromatic amines is 1. The Morgan fingerprint density at radius 2 is 2.22 bits per heavy atom. The lowest BCUT2D eigenvalue weighted by atomic mass is 10.3. The molecule has 5 nitrogen and oxygen atoms in total. The first-order chi connectivity index (χ1) is 8.63. The molecule has 18 heavy (non-hydrogen) atoms. The fourth-order valence-electron chi connectivity index (χ4n) is 1.65. The average Bonchev–Trinajstić information content (AvgIpc) is 2.38. The highest BCUT2D eigenvalue weighted by Gasteiger charge is 2.09. The third kappa shape index (κ3) is 2.62. The van der Waals surface area contributed by atoms with Gasteiger partial charge in [0.25, 0.3) is 5.56 Å². The molecule has 1 atom stereocenters. The molecule has 0 radical (unpaired) electrons. The molecule has 7 heteroatoms. The lowest BCUT2D eigenvalue weighted by Crippen LogP contribution is -2.36. The van der Waals surface area contributed by atoms with E-state index in [2.05, 4.69) is 35.2 Å². The number of pyridine rings is 1. The van der Waals surface area contributed by atoms with Gasteiger partial charge in [0.2, 0.25) is 0 Å². The van der Waals surface area contributed by atoms with Gasteiger partial charge in [0.05, 0.1) is 5.52 Å². The van der Waals surface area contributed by atoms with Crippen LogP contribution in [0.1, 0.15) is 6.42 Å². The van der Waals surface area contributed by atoms with E-state index in [0.717, 1.165) is 4.57 Å². The van der Waals surface area contributed by atoms with Crippen molar-refractivity contribution in [3.8, 4) is 0 Å². The van der Waals surface area contributed by atoms with Gasteiger partial charge in [-0.3, -0.25) is 9.36 Å². The van der Waals surface area contributed by atoms with Crippen LogP contribution in [0.4, 0.5) is 0 Å². The Bertz CT molecular complexity index is 665. The fourth-order valence-corrected chi connectivity index (χ4v) is 1.95. The molecule has 0 aliphatic rings. The Morgan fingerprint density at radius 3 is 2.94 bits per heavy atom. The number of H-pyrrole nitrogens is 1. The third-order valence-corrected chi connectivity index (χ3v) is 3.81. The Labute approximate surface area is 114 Å². The van der Waals surface area contributed by atoms with Crippen molar-refractivity contribution >= 4 is 36.3 Å². The fraction of sp³-hybridized carbons (Fsp3) is 0.364. The highest BCUT2D eigenvalue weighted by molar-refractivity contribution is 7.84. The Balaban J connectivity index is 2.45. The molecule has 0 aliphatic carbocycles. The second-order valence-electron chi connectivity index (χ2n) is 3.91. The number of hydrogen-bond donors (Lipinski definition) is 3. The molecule has 96 valence electrons. The van der Waals surface area contributed by atoms with Gasteiger partial charge >= 0.3 is 5.69 Å². The molecule has 0 aliphatic heterocycles. The number of nitrogens with one attached hydrogen (secondary N) is 1. The summed E-state index contributed by atoms with van der Waals surface area (Å²) in [5.41, 5.74) is -0.0479. The van der Waals surface area contributed by atoms with Crippen LogP contribution in [0.5, 0.6) is 0 Å². The monoisotopic (exact) mass is 283 g/mol. The average molecular weight is 283 g/mol. The van der Waals surface area contributed by atoms with Crippen molar-refractivity contribution in [2.24, 2.45) is 0 Å². The maximum absolute atomic E-state index is 12.1. The first kappa shape index (κ1) is 13.2. The van der Waals surface area contributed by atoms with Crippen molar-refractivity contribution in [3.05, 3.63) is 39.2 Å². The molecule has 2 rings (SSSR count). The zero-order valence-corrected chi connectivity index (χ0v) is 11.3. The van der Waals surface area contributed by atoms with Crippen molar-refractivity contribution in [3.63, 3.8) is 0 Å². The van der Waals surface area contributed by atoms with Crippen molar-refractivity contribution in [2.75, 3.05) is 5.75 Å². The quantitative estimate of drug-likeness (QED) is 0.724. The SMILES string of the molecule is O=c1[nH]c2cccnc2c(=O)n1CCC(S)CS. The zero-order chi connectivity index (χ0) is 13.1. The summed E-state index contributed by atoms with van der Waals surface area (Å²) in [5, 5.41) is 0.0547. The normalized spacial score (nSPS) is 12.8. The van der Waals surface area contributed by atoms with Gasteiger partial charge in [0, 0.05) is 23.7 Å². The van der Waals surface area contributed by atoms with E-state index in [1.54, 1.807) is 12.1 Å². The van der Waals surface area contributed by atoms with E-state index in [9.17, 15) is 9.59 Å². The first-order valence-corrected chi connectivity index (χ1v) is 6.65. The molecular formula is C11H13N3O2S2. The highest BCUT2D eigenvalue weighted by atomic mass is 32.1. The van der Waals surface area contributed by atoms with E-state index in [4.69, 9.17) is 0 Å². The van der Waals surface area contributed by atoms with Crippen LogP contribution in [0.15, 0.2) is 27.9 Å². The summed E-state index contributed by atoms with van der Waals surface area (Å²) < 4.78 is 1.15. The smallest absolute Gasteiger partial charge is 0.305 e. The van der Waals surface area contributed by atoms with Gasteiger partial charge in [0.15, 0.2) is 5.52 Å². The van der Waals surface area contributed by atoms with Crippen LogP contribution in [0.3, 0.4) is 0 Å². The predicted molar refractivity (Wildman–Crippen MR) is 77.9 cm³/mol. The number of rotatable bonds is 4. The van der Waals surface area contributed by atoms with Gasteiger partial charge in [0.1, 0.15) is 0 Å². The van der Waals surface area contributed by atoms with E-state index in [1.807, 2.05) is 0 Å². The summed E-state index contributed by atoms with van der Waals surface area (Å²) in [7, 11) is 0. The second-order valence-corrected chi connectivity index (χ2v) is 5.01. The Hall–Kier alpha value is -1.21. The number of fused-ring (bicyclic) bond motifs is 1. The molecule has 2 heterocycles. The highest BCUT2D eigenvalue weighted by Crippen LogP contribution is 2.04. The number of aromatic nitrogens is 3. The summed E-state index contributed by atoms with van der Waals surface area (Å²) in [4.78, 5) is 30.5. The molecule has 2 aromatic rings. The van der Waals surface area contributed by atoms with Crippen molar-refractivity contribution in [2.45, 2.75) is 18.2 Å². The van der Waals surface area contributed by atoms with Crippen LogP contribution in [-0.4, -0.2) is 25.5 Å². The topological polar surface area (TPSA) is 67.8 Å². The van der Waals surface area contributed by atoms with Gasteiger partial charge < -0.3 is 4.98 Å². The standard InChI is InChI=1S/C11H13N3O2S2/c15-10-9-8(2-1-4-12-9)13-11(16)14(10)5-3-7(18)6-17/h1-2,4,7,17-18H,3,5-6H2,(H,13,16). The van der Waals surface area contributed by atoms with Crippen molar-refractivity contribution < 1.29 is 0 Å². The van der Waals surface area contributed by atoms with E-state index in [-0.39, 0.29) is 16.3 Å². The molecule has 1 N–H and O–H groups in total. The lowest BCUT2D eigenvalue weighted by Gasteiger charge is -2.08. The van der Waals surface area contributed by atoms with Gasteiger partial charge in [-0.05, 0) is 18.6 Å². The van der Waals surface area contributed by atoms with Crippen molar-refractivity contribution in [1.82, 2.24) is 14.5 Å². The molecule has 0 saturated heterocycles. The predicted octanol–water partition coefficient (Wildman–Crippen LogP) is 0.703. The van der Waals surface area contributed by atoms with Gasteiger partial charge in [-0.2, -0.15) is 25.3 Å². The Kier molecular flexibility index (Phi) is 4.13. The van der Waals surface area contributed by atoms with Gasteiger partial charge in [-0.1, -0.05) is 0 Å². The second kappa shape index (κ2) is 5.62. The van der Waals surface area contributed by atoms with E-state index in [1.165, 1.54) is 6.20 Å². The molecule has 0 fully saturated rings. The van der Waals surface area contributed by atoms with Crippen LogP contribution < -0.4 is 11.2 Å². The Morgan fingerprint density at radius 1 is 1.44 bits per heavy atom. The van der Waals surface area contributed by atoms with E-state index >= 15 is 0 Å². The number of hydrogen-bond acceptors (Lipinski definition) is 5. The van der Waals surface area contributed by atoms with E-state index < -0.39 is 5.69 Å². The molecule has 0 saturated carbocycles. The van der Waals surface area contributed by atoms with Crippen LogP contribution >= 0.6 is 25.3 Å². The minimum atomic E-state index is -0.416. The molecule has 0 amide bonds. The molecule has 2 aromatic heterocycles. The molecular weight excluding hydrogens is 270 g/mol. The van der Waals surface area contributed by atoms with Crippen LogP contribution in [0.25, 0.3) is 11.0 Å². The first-order valence-electron chi connectivity index (χ1n) is 5.50.